The summed E-state index contributed by atoms with van der Waals surface area (Å²) < 4.78 is 0. The molecule has 68 valence electrons. The first kappa shape index (κ1) is 8.60. The van der Waals surface area contributed by atoms with Crippen LogP contribution in [0.4, 0.5) is 0 Å². The molecule has 0 saturated heterocycles. The minimum absolute atomic E-state index is 0.351. The molecule has 2 nitrogen and oxygen atoms in total. The van der Waals surface area contributed by atoms with E-state index < -0.39 is 11.0 Å². The van der Waals surface area contributed by atoms with Crippen molar-refractivity contribution in [2.75, 3.05) is 0 Å². The van der Waals surface area contributed by atoms with Crippen molar-refractivity contribution >= 4 is 0 Å². The Bertz CT molecular complexity index is 316. The van der Waals surface area contributed by atoms with Crippen molar-refractivity contribution in [3.05, 3.63) is 0 Å². The molecule has 13 heavy (non-hydrogen) atoms. The Hall–Kier alpha value is -0.990. The molecular weight excluding hydrogens is 162 g/mol. The molecule has 0 aromatic heterocycles. The molecule has 2 fully saturated rings. The fourth-order valence-corrected chi connectivity index (χ4v) is 2.28. The topological polar surface area (TPSA) is 44.0 Å². The minimum Gasteiger partial charge on any atom is -0.376 e. The Morgan fingerprint density at radius 2 is 2.23 bits per heavy atom. The standard InChI is InChI=1S/C11H13NO/c1-3-10(2,13)11(7-12)6-9(11)8-4-5-8/h1,8-9,13H,4-6H2,2H3/t9-,10+,11+/m1/s1. The molecule has 1 N–H and O–H groups in total. The first-order chi connectivity index (χ1) is 6.07. The van der Waals surface area contributed by atoms with Gasteiger partial charge in [-0.15, -0.1) is 6.42 Å². The van der Waals surface area contributed by atoms with Crippen molar-refractivity contribution in [3.63, 3.8) is 0 Å². The van der Waals surface area contributed by atoms with Crippen molar-refractivity contribution < 1.29 is 5.11 Å². The Morgan fingerprint density at radius 3 is 2.62 bits per heavy atom. The molecular formula is C11H13NO. The Kier molecular flexibility index (Phi) is 1.51. The van der Waals surface area contributed by atoms with Gasteiger partial charge in [-0.05, 0) is 38.0 Å². The van der Waals surface area contributed by atoms with Gasteiger partial charge >= 0.3 is 0 Å². The van der Waals surface area contributed by atoms with Crippen LogP contribution in [0.1, 0.15) is 26.2 Å². The zero-order chi connectivity index (χ0) is 9.69. The molecule has 0 heterocycles. The second-order valence-electron chi connectivity index (χ2n) is 4.45. The summed E-state index contributed by atoms with van der Waals surface area (Å²) in [5.41, 5.74) is -1.88. The third-order valence-corrected chi connectivity index (χ3v) is 3.56. The van der Waals surface area contributed by atoms with E-state index in [2.05, 4.69) is 12.0 Å². The van der Waals surface area contributed by atoms with E-state index in [4.69, 9.17) is 11.7 Å². The lowest BCUT2D eigenvalue weighted by molar-refractivity contribution is 0.0585. The molecule has 3 atom stereocenters. The van der Waals surface area contributed by atoms with E-state index >= 15 is 0 Å². The van der Waals surface area contributed by atoms with Crippen molar-refractivity contribution in [2.24, 2.45) is 17.3 Å². The second-order valence-corrected chi connectivity index (χ2v) is 4.45. The van der Waals surface area contributed by atoms with Crippen LogP contribution in [-0.4, -0.2) is 10.7 Å². The molecule has 0 aromatic carbocycles. The molecule has 2 heteroatoms. The maximum atomic E-state index is 9.90. The SMILES string of the molecule is C#C[C@](C)(O)[C@]1(C#N)C[C@@H]1C1CC1. The Morgan fingerprint density at radius 1 is 1.62 bits per heavy atom. The van der Waals surface area contributed by atoms with Crippen LogP contribution in [0.2, 0.25) is 0 Å². The highest BCUT2D eigenvalue weighted by molar-refractivity contribution is 5.32. The summed E-state index contributed by atoms with van der Waals surface area (Å²) in [5.74, 6) is 3.34. The lowest BCUT2D eigenvalue weighted by atomic mass is 9.84. The first-order valence-electron chi connectivity index (χ1n) is 4.69. The third-order valence-electron chi connectivity index (χ3n) is 3.56. The lowest BCUT2D eigenvalue weighted by Gasteiger charge is -2.23. The highest BCUT2D eigenvalue weighted by Crippen LogP contribution is 2.66. The van der Waals surface area contributed by atoms with Crippen LogP contribution in [-0.2, 0) is 0 Å². The van der Waals surface area contributed by atoms with Crippen LogP contribution in [0.15, 0.2) is 0 Å². The normalized spacial score (nSPS) is 41.4. The van der Waals surface area contributed by atoms with E-state index in [9.17, 15) is 5.11 Å². The van der Waals surface area contributed by atoms with Crippen LogP contribution < -0.4 is 0 Å². The molecule has 0 aromatic rings. The van der Waals surface area contributed by atoms with Gasteiger partial charge in [0.15, 0.2) is 0 Å². The summed E-state index contributed by atoms with van der Waals surface area (Å²) >= 11 is 0. The van der Waals surface area contributed by atoms with E-state index in [-0.39, 0.29) is 0 Å². The van der Waals surface area contributed by atoms with Gasteiger partial charge in [-0.1, -0.05) is 5.92 Å². The maximum Gasteiger partial charge on any atom is 0.141 e. The number of aliphatic hydroxyl groups is 1. The molecule has 2 aliphatic rings. The molecule has 0 amide bonds. The van der Waals surface area contributed by atoms with Crippen molar-refractivity contribution in [1.82, 2.24) is 0 Å². The predicted molar refractivity (Wildman–Crippen MR) is 48.3 cm³/mol. The van der Waals surface area contributed by atoms with Crippen LogP contribution in [0.5, 0.6) is 0 Å². The van der Waals surface area contributed by atoms with Gasteiger partial charge in [-0.2, -0.15) is 5.26 Å². The summed E-state index contributed by atoms with van der Waals surface area (Å²) in [5, 5.41) is 19.0. The third kappa shape index (κ3) is 0.992. The van der Waals surface area contributed by atoms with Crippen LogP contribution in [0.3, 0.4) is 0 Å². The monoisotopic (exact) mass is 175 g/mol. The molecule has 2 rings (SSSR count). The van der Waals surface area contributed by atoms with Gasteiger partial charge in [0, 0.05) is 0 Å². The number of nitriles is 1. The molecule has 0 unspecified atom stereocenters. The van der Waals surface area contributed by atoms with E-state index in [0.29, 0.717) is 11.8 Å². The largest absolute Gasteiger partial charge is 0.376 e. The average Bonchev–Trinajstić information content (AvgIpc) is 2.96. The van der Waals surface area contributed by atoms with Crippen molar-refractivity contribution in [3.8, 4) is 18.4 Å². The molecule has 2 saturated carbocycles. The van der Waals surface area contributed by atoms with Gasteiger partial charge in [0.2, 0.25) is 0 Å². The average molecular weight is 175 g/mol. The fourth-order valence-electron chi connectivity index (χ4n) is 2.28. The molecule has 0 bridgehead atoms. The highest BCUT2D eigenvalue weighted by Gasteiger charge is 2.68. The molecule has 0 spiro atoms. The number of terminal acetylenes is 1. The summed E-state index contributed by atoms with van der Waals surface area (Å²) in [4.78, 5) is 0. The molecule has 0 radical (unpaired) electrons. The van der Waals surface area contributed by atoms with E-state index in [1.807, 2.05) is 0 Å². The maximum absolute atomic E-state index is 9.90. The number of hydrogen-bond donors (Lipinski definition) is 1. The quantitative estimate of drug-likeness (QED) is 0.643. The predicted octanol–water partition coefficient (Wildman–Crippen LogP) is 1.31. The zero-order valence-corrected chi connectivity index (χ0v) is 7.75. The van der Waals surface area contributed by atoms with Crippen molar-refractivity contribution in [1.29, 1.82) is 5.26 Å². The summed E-state index contributed by atoms with van der Waals surface area (Å²) in [6, 6.07) is 2.22. The van der Waals surface area contributed by atoms with Gasteiger partial charge in [-0.25, -0.2) is 0 Å². The van der Waals surface area contributed by atoms with E-state index in [1.165, 1.54) is 12.8 Å². The summed E-state index contributed by atoms with van der Waals surface area (Å²) in [6.45, 7) is 1.58. The zero-order valence-electron chi connectivity index (χ0n) is 7.75. The van der Waals surface area contributed by atoms with Gasteiger partial charge in [0.05, 0.1) is 6.07 Å². The smallest absolute Gasteiger partial charge is 0.141 e. The summed E-state index contributed by atoms with van der Waals surface area (Å²) in [7, 11) is 0. The lowest BCUT2D eigenvalue weighted by Crippen LogP contribution is -2.35. The van der Waals surface area contributed by atoms with Crippen LogP contribution in [0, 0.1) is 40.9 Å². The van der Waals surface area contributed by atoms with E-state index in [0.717, 1.165) is 6.42 Å². The molecule has 2 aliphatic carbocycles. The van der Waals surface area contributed by atoms with Gasteiger partial charge in [0.1, 0.15) is 11.0 Å². The second kappa shape index (κ2) is 2.28. The van der Waals surface area contributed by atoms with Gasteiger partial charge in [-0.3, -0.25) is 0 Å². The Balaban J connectivity index is 2.21. The van der Waals surface area contributed by atoms with Gasteiger partial charge in [0.25, 0.3) is 0 Å². The minimum atomic E-state index is -1.24. The van der Waals surface area contributed by atoms with Gasteiger partial charge < -0.3 is 5.11 Å². The summed E-state index contributed by atoms with van der Waals surface area (Å²) in [6.07, 6.45) is 8.43. The molecule has 0 aliphatic heterocycles. The van der Waals surface area contributed by atoms with E-state index in [1.54, 1.807) is 6.92 Å². The fraction of sp³-hybridized carbons (Fsp3) is 0.727. The first-order valence-corrected chi connectivity index (χ1v) is 4.69. The number of hydrogen-bond acceptors (Lipinski definition) is 2. The van der Waals surface area contributed by atoms with Crippen molar-refractivity contribution in [2.45, 2.75) is 31.8 Å². The number of rotatable bonds is 2. The highest BCUT2D eigenvalue weighted by atomic mass is 16.3. The number of nitrogens with zero attached hydrogens (tertiary/aromatic N) is 1. The Labute approximate surface area is 78.6 Å². The van der Waals surface area contributed by atoms with Crippen LogP contribution >= 0.6 is 0 Å². The van der Waals surface area contributed by atoms with Crippen LogP contribution in [0.25, 0.3) is 0 Å².